The molecule has 0 fully saturated rings. The number of nitrogens with one attached hydrogen (secondary N) is 1. The lowest BCUT2D eigenvalue weighted by atomic mass is 10.1. The highest BCUT2D eigenvalue weighted by molar-refractivity contribution is 7.92. The average Bonchev–Trinajstić information content (AvgIpc) is 2.84. The molecule has 3 rings (SSSR count). The molecule has 3 aromatic carbocycles. The Hall–Kier alpha value is -4.25. The van der Waals surface area contributed by atoms with Crippen LogP contribution in [0.15, 0.2) is 76.7 Å². The van der Waals surface area contributed by atoms with Crippen LogP contribution in [0.1, 0.15) is 16.7 Å². The van der Waals surface area contributed by atoms with E-state index in [0.29, 0.717) is 11.4 Å². The molecule has 10 nitrogen and oxygen atoms in total. The van der Waals surface area contributed by atoms with E-state index in [1.165, 1.54) is 43.7 Å². The van der Waals surface area contributed by atoms with E-state index in [2.05, 4.69) is 10.5 Å². The molecule has 0 saturated carbocycles. The van der Waals surface area contributed by atoms with Crippen LogP contribution in [-0.4, -0.2) is 39.1 Å². The number of carbonyl (C=O) groups is 1. The number of sulfonamides is 1. The van der Waals surface area contributed by atoms with Gasteiger partial charge in [0.05, 0.1) is 28.8 Å². The van der Waals surface area contributed by atoms with Gasteiger partial charge in [-0.05, 0) is 55.3 Å². The van der Waals surface area contributed by atoms with E-state index in [9.17, 15) is 23.3 Å². The van der Waals surface area contributed by atoms with Gasteiger partial charge in [0.1, 0.15) is 12.3 Å². The molecule has 3 aromatic rings. The summed E-state index contributed by atoms with van der Waals surface area (Å²) in [5.41, 5.74) is 4.55. The number of benzene rings is 3. The zero-order valence-corrected chi connectivity index (χ0v) is 20.2. The molecule has 0 aromatic heterocycles. The van der Waals surface area contributed by atoms with E-state index >= 15 is 0 Å². The van der Waals surface area contributed by atoms with Gasteiger partial charge in [0.15, 0.2) is 0 Å². The number of nitrogens with zero attached hydrogens (tertiary/aromatic N) is 3. The number of hydrogen-bond donors (Lipinski definition) is 1. The van der Waals surface area contributed by atoms with E-state index in [4.69, 9.17) is 4.74 Å². The largest absolute Gasteiger partial charge is 0.496 e. The maximum Gasteiger partial charge on any atom is 0.270 e. The molecule has 1 N–H and O–H groups in total. The Balaban J connectivity index is 1.87. The number of amides is 1. The van der Waals surface area contributed by atoms with Crippen molar-refractivity contribution in [3.05, 3.63) is 93.5 Å². The Morgan fingerprint density at radius 3 is 2.43 bits per heavy atom. The molecule has 0 spiro atoms. The topological polar surface area (TPSA) is 131 Å². The summed E-state index contributed by atoms with van der Waals surface area (Å²) in [5.74, 6) is -0.389. The first-order valence-electron chi connectivity index (χ1n) is 10.4. The molecule has 35 heavy (non-hydrogen) atoms. The van der Waals surface area contributed by atoms with Crippen molar-refractivity contribution >= 4 is 33.5 Å². The smallest absolute Gasteiger partial charge is 0.270 e. The Kier molecular flexibility index (Phi) is 7.82. The van der Waals surface area contributed by atoms with Crippen LogP contribution in [0.4, 0.5) is 11.4 Å². The molecule has 0 unspecified atom stereocenters. The number of aryl methyl sites for hydroxylation is 2. The summed E-state index contributed by atoms with van der Waals surface area (Å²) in [6, 6.07) is 16.8. The maximum atomic E-state index is 13.4. The fourth-order valence-corrected chi connectivity index (χ4v) is 4.63. The number of nitro benzene ring substituents is 1. The monoisotopic (exact) mass is 496 g/mol. The molecule has 0 aliphatic heterocycles. The van der Waals surface area contributed by atoms with Crippen LogP contribution >= 0.6 is 0 Å². The number of non-ortho nitro benzene ring substituents is 1. The van der Waals surface area contributed by atoms with Crippen LogP contribution in [0.3, 0.4) is 0 Å². The first kappa shape index (κ1) is 25.4. The minimum Gasteiger partial charge on any atom is -0.496 e. The van der Waals surface area contributed by atoms with Gasteiger partial charge >= 0.3 is 0 Å². The van der Waals surface area contributed by atoms with E-state index in [1.807, 2.05) is 13.8 Å². The molecule has 0 radical (unpaired) electrons. The third kappa shape index (κ3) is 6.01. The molecule has 0 aliphatic carbocycles. The van der Waals surface area contributed by atoms with Gasteiger partial charge in [0.2, 0.25) is 0 Å². The fourth-order valence-electron chi connectivity index (χ4n) is 3.19. The molecule has 1 amide bonds. The molecule has 0 heterocycles. The molecule has 0 aliphatic rings. The van der Waals surface area contributed by atoms with Gasteiger partial charge in [-0.2, -0.15) is 5.10 Å². The third-order valence-corrected chi connectivity index (χ3v) is 7.00. The highest BCUT2D eigenvalue weighted by atomic mass is 32.2. The normalized spacial score (nSPS) is 11.3. The van der Waals surface area contributed by atoms with E-state index < -0.39 is 27.4 Å². The third-order valence-electron chi connectivity index (χ3n) is 5.21. The van der Waals surface area contributed by atoms with Crippen LogP contribution in [0, 0.1) is 24.0 Å². The standard InChI is InChI=1S/C24H24N4O6S/c1-17-9-10-20(13-18(17)2)27(35(32,33)22-7-5-4-6-8-22)16-24(29)26-25-15-19-14-21(28(30)31)11-12-23(19)34-3/h4-15H,16H2,1-3H3,(H,26,29). The van der Waals surface area contributed by atoms with Gasteiger partial charge in [-0.3, -0.25) is 19.2 Å². The predicted octanol–water partition coefficient (Wildman–Crippen LogP) is 3.57. The number of methoxy groups -OCH3 is 1. The van der Waals surface area contributed by atoms with Crippen LogP contribution in [-0.2, 0) is 14.8 Å². The van der Waals surface area contributed by atoms with Crippen molar-refractivity contribution in [2.24, 2.45) is 5.10 Å². The maximum absolute atomic E-state index is 13.4. The Morgan fingerprint density at radius 1 is 1.09 bits per heavy atom. The zero-order valence-electron chi connectivity index (χ0n) is 19.3. The number of hydrogen-bond acceptors (Lipinski definition) is 7. The van der Waals surface area contributed by atoms with Gasteiger partial charge in [0, 0.05) is 17.7 Å². The summed E-state index contributed by atoms with van der Waals surface area (Å²) in [6.07, 6.45) is 1.19. The first-order valence-corrected chi connectivity index (χ1v) is 11.9. The van der Waals surface area contributed by atoms with Gasteiger partial charge in [0.25, 0.3) is 21.6 Å². The predicted molar refractivity (Wildman–Crippen MR) is 132 cm³/mol. The van der Waals surface area contributed by atoms with Crippen molar-refractivity contribution in [1.82, 2.24) is 5.43 Å². The number of ether oxygens (including phenoxy) is 1. The van der Waals surface area contributed by atoms with Gasteiger partial charge in [-0.1, -0.05) is 24.3 Å². The highest BCUT2D eigenvalue weighted by Gasteiger charge is 2.27. The Labute approximate surface area is 203 Å². The van der Waals surface area contributed by atoms with Crippen molar-refractivity contribution in [2.45, 2.75) is 18.7 Å². The highest BCUT2D eigenvalue weighted by Crippen LogP contribution is 2.26. The van der Waals surface area contributed by atoms with E-state index in [0.717, 1.165) is 15.4 Å². The summed E-state index contributed by atoms with van der Waals surface area (Å²) in [7, 11) is -2.66. The molecule has 0 saturated heterocycles. The lowest BCUT2D eigenvalue weighted by Crippen LogP contribution is -2.39. The second kappa shape index (κ2) is 10.8. The minimum absolute atomic E-state index is 0.0378. The summed E-state index contributed by atoms with van der Waals surface area (Å²) >= 11 is 0. The molecule has 182 valence electrons. The first-order chi connectivity index (χ1) is 16.6. The van der Waals surface area contributed by atoms with Crippen LogP contribution in [0.25, 0.3) is 0 Å². The van der Waals surface area contributed by atoms with Crippen molar-refractivity contribution in [3.63, 3.8) is 0 Å². The lowest BCUT2D eigenvalue weighted by Gasteiger charge is -2.24. The van der Waals surface area contributed by atoms with E-state index in [1.54, 1.807) is 36.4 Å². The zero-order chi connectivity index (χ0) is 25.6. The van der Waals surface area contributed by atoms with Gasteiger partial charge in [-0.25, -0.2) is 13.8 Å². The molecule has 0 bridgehead atoms. The van der Waals surface area contributed by atoms with Crippen molar-refractivity contribution in [1.29, 1.82) is 0 Å². The molecule has 11 heteroatoms. The number of hydrazone groups is 1. The van der Waals surface area contributed by atoms with Crippen LogP contribution in [0.2, 0.25) is 0 Å². The molecular formula is C24H24N4O6S. The number of rotatable bonds is 9. The summed E-state index contributed by atoms with van der Waals surface area (Å²) in [6.45, 7) is 3.21. The van der Waals surface area contributed by atoms with Crippen molar-refractivity contribution < 1.29 is 22.9 Å². The fraction of sp³-hybridized carbons (Fsp3) is 0.167. The van der Waals surface area contributed by atoms with E-state index in [-0.39, 0.29) is 16.1 Å². The second-order valence-corrected chi connectivity index (χ2v) is 9.43. The number of carbonyl (C=O) groups excluding carboxylic acids is 1. The Morgan fingerprint density at radius 2 is 1.80 bits per heavy atom. The van der Waals surface area contributed by atoms with Gasteiger partial charge < -0.3 is 4.74 Å². The number of nitro groups is 1. The number of anilines is 1. The Bertz CT molecular complexity index is 1370. The van der Waals surface area contributed by atoms with Crippen LogP contribution < -0.4 is 14.5 Å². The summed E-state index contributed by atoms with van der Waals surface area (Å²) in [5, 5.41) is 14.9. The minimum atomic E-state index is -4.06. The van der Waals surface area contributed by atoms with Crippen molar-refractivity contribution in [3.8, 4) is 5.75 Å². The molecular weight excluding hydrogens is 472 g/mol. The average molecular weight is 497 g/mol. The quantitative estimate of drug-likeness (QED) is 0.274. The SMILES string of the molecule is COc1ccc([N+](=O)[O-])cc1C=NNC(=O)CN(c1ccc(C)c(C)c1)S(=O)(=O)c1ccccc1. The summed E-state index contributed by atoms with van der Waals surface area (Å²) < 4.78 is 32.9. The molecule has 0 atom stereocenters. The second-order valence-electron chi connectivity index (χ2n) is 7.57. The summed E-state index contributed by atoms with van der Waals surface area (Å²) in [4.78, 5) is 23.2. The van der Waals surface area contributed by atoms with Gasteiger partial charge in [-0.15, -0.1) is 0 Å². The van der Waals surface area contributed by atoms with Crippen LogP contribution in [0.5, 0.6) is 5.75 Å². The lowest BCUT2D eigenvalue weighted by molar-refractivity contribution is -0.384. The van der Waals surface area contributed by atoms with Crippen molar-refractivity contribution in [2.75, 3.05) is 18.0 Å².